The lowest BCUT2D eigenvalue weighted by molar-refractivity contribution is 0.590. The molecule has 0 spiro atoms. The van der Waals surface area contributed by atoms with Crippen molar-refractivity contribution < 1.29 is 4.42 Å². The van der Waals surface area contributed by atoms with Crippen LogP contribution in [-0.4, -0.2) is 6.71 Å². The smallest absolute Gasteiger partial charge is 0.252 e. The molecule has 0 saturated carbocycles. The molecule has 0 radical (unpaired) electrons. The van der Waals surface area contributed by atoms with E-state index in [1.54, 1.807) is 0 Å². The van der Waals surface area contributed by atoms with Gasteiger partial charge in [-0.3, -0.25) is 0 Å². The summed E-state index contributed by atoms with van der Waals surface area (Å²) in [6.07, 6.45) is 0. The van der Waals surface area contributed by atoms with Crippen molar-refractivity contribution >= 4 is 79.2 Å². The van der Waals surface area contributed by atoms with Gasteiger partial charge < -0.3 is 14.2 Å². The van der Waals surface area contributed by atoms with Crippen LogP contribution in [0.5, 0.6) is 0 Å². The zero-order chi connectivity index (χ0) is 44.5. The Hall–Kier alpha value is -6.00. The van der Waals surface area contributed by atoms with Gasteiger partial charge in [0.2, 0.25) is 0 Å². The second-order valence-electron chi connectivity index (χ2n) is 22.5. The highest BCUT2D eigenvalue weighted by molar-refractivity contribution is 7.00. The molecule has 0 bridgehead atoms. The number of nitrogens with zero attached hydrogens (tertiary/aromatic N) is 2. The summed E-state index contributed by atoms with van der Waals surface area (Å²) in [5.74, 6) is 0. The van der Waals surface area contributed by atoms with Gasteiger partial charge >= 0.3 is 0 Å². The molecule has 8 aromatic rings. The van der Waals surface area contributed by atoms with Crippen molar-refractivity contribution in [2.24, 2.45) is 0 Å². The highest BCUT2D eigenvalue weighted by atomic mass is 16.3. The van der Waals surface area contributed by atoms with E-state index in [4.69, 9.17) is 4.42 Å². The summed E-state index contributed by atoms with van der Waals surface area (Å²) in [7, 11) is 0. The maximum absolute atomic E-state index is 6.42. The van der Waals surface area contributed by atoms with Gasteiger partial charge in [-0.1, -0.05) is 144 Å². The van der Waals surface area contributed by atoms with Crippen molar-refractivity contribution in [3.8, 4) is 11.1 Å². The molecule has 0 fully saturated rings. The SMILES string of the molecule is Cc1cc2c3c(c1)N(c1ccc(C(C)(C)C)cc1)c1cc(-c4ccc5oc6ccc(C(C)(C)C)cc6c5c4)ccc1B3c1cc(C(C)(C)C)ccc1N2c1ccc(C(C)(C)C)cc1. The van der Waals surface area contributed by atoms with E-state index < -0.39 is 0 Å². The van der Waals surface area contributed by atoms with Crippen molar-refractivity contribution in [2.75, 3.05) is 9.80 Å². The molecular weight excluding hydrogens is 763 g/mol. The number of hydrogen-bond donors (Lipinski definition) is 0. The number of aryl methyl sites for hydroxylation is 1. The molecule has 1 aromatic heterocycles. The van der Waals surface area contributed by atoms with Crippen molar-refractivity contribution in [1.82, 2.24) is 0 Å². The Balaban J connectivity index is 1.23. The van der Waals surface area contributed by atoms with Gasteiger partial charge in [-0.15, -0.1) is 0 Å². The van der Waals surface area contributed by atoms with E-state index in [2.05, 4.69) is 233 Å². The molecule has 0 amide bonds. The summed E-state index contributed by atoms with van der Waals surface area (Å²) >= 11 is 0. The Kier molecular flexibility index (Phi) is 9.12. The Morgan fingerprint density at radius 2 is 0.825 bits per heavy atom. The molecule has 3 heterocycles. The topological polar surface area (TPSA) is 19.6 Å². The van der Waals surface area contributed by atoms with Crippen LogP contribution in [0.4, 0.5) is 34.1 Å². The van der Waals surface area contributed by atoms with Crippen LogP contribution in [0.25, 0.3) is 33.1 Å². The Labute approximate surface area is 375 Å². The van der Waals surface area contributed by atoms with E-state index in [1.165, 1.54) is 89.2 Å². The molecule has 10 rings (SSSR count). The van der Waals surface area contributed by atoms with Crippen LogP contribution in [0.3, 0.4) is 0 Å². The summed E-state index contributed by atoms with van der Waals surface area (Å²) < 4.78 is 6.42. The monoisotopic (exact) mass is 824 g/mol. The van der Waals surface area contributed by atoms with Crippen molar-refractivity contribution in [3.05, 3.63) is 161 Å². The molecule has 7 aromatic carbocycles. The molecule has 316 valence electrons. The number of furan rings is 1. The van der Waals surface area contributed by atoms with E-state index in [0.717, 1.165) is 22.2 Å². The molecule has 4 heteroatoms. The van der Waals surface area contributed by atoms with Gasteiger partial charge in [0.05, 0.1) is 0 Å². The maximum Gasteiger partial charge on any atom is 0.252 e. The lowest BCUT2D eigenvalue weighted by atomic mass is 9.33. The van der Waals surface area contributed by atoms with Gasteiger partial charge in [0, 0.05) is 44.9 Å². The summed E-state index contributed by atoms with van der Waals surface area (Å²) in [6, 6.07) is 51.3. The predicted octanol–water partition coefficient (Wildman–Crippen LogP) is 14.8. The zero-order valence-corrected chi connectivity index (χ0v) is 39.6. The summed E-state index contributed by atoms with van der Waals surface area (Å²) in [6.45, 7) is 29.9. The van der Waals surface area contributed by atoms with E-state index in [-0.39, 0.29) is 28.4 Å². The minimum atomic E-state index is -0.0175. The van der Waals surface area contributed by atoms with Gasteiger partial charge in [-0.2, -0.15) is 0 Å². The fourth-order valence-electron chi connectivity index (χ4n) is 9.98. The predicted molar refractivity (Wildman–Crippen MR) is 273 cm³/mol. The molecule has 0 N–H and O–H groups in total. The first-order valence-corrected chi connectivity index (χ1v) is 22.9. The third kappa shape index (κ3) is 6.89. The van der Waals surface area contributed by atoms with Crippen LogP contribution in [0, 0.1) is 6.92 Å². The minimum absolute atomic E-state index is 0.0175. The van der Waals surface area contributed by atoms with Gasteiger partial charge in [-0.25, -0.2) is 0 Å². The van der Waals surface area contributed by atoms with Crippen LogP contribution in [0.1, 0.15) is 111 Å². The fourth-order valence-corrected chi connectivity index (χ4v) is 9.98. The Morgan fingerprint density at radius 1 is 0.381 bits per heavy atom. The van der Waals surface area contributed by atoms with Crippen LogP contribution < -0.4 is 26.2 Å². The number of fused-ring (bicyclic) bond motifs is 7. The third-order valence-corrected chi connectivity index (χ3v) is 13.7. The second-order valence-corrected chi connectivity index (χ2v) is 22.5. The van der Waals surface area contributed by atoms with Gasteiger partial charge in [0.1, 0.15) is 11.2 Å². The molecule has 0 atom stereocenters. The molecule has 2 aliphatic rings. The van der Waals surface area contributed by atoms with Crippen LogP contribution in [0.15, 0.2) is 138 Å². The average Bonchev–Trinajstić information content (AvgIpc) is 3.59. The normalized spacial score (nSPS) is 14.0. The van der Waals surface area contributed by atoms with Gasteiger partial charge in [-0.05, 0) is 157 Å². The molecule has 0 aliphatic carbocycles. The number of rotatable bonds is 3. The maximum atomic E-state index is 6.42. The van der Waals surface area contributed by atoms with Crippen LogP contribution in [0.2, 0.25) is 0 Å². The van der Waals surface area contributed by atoms with E-state index in [0.29, 0.717) is 0 Å². The molecule has 0 saturated heterocycles. The number of benzene rings is 7. The molecule has 0 unspecified atom stereocenters. The molecule has 63 heavy (non-hydrogen) atoms. The Bertz CT molecular complexity index is 3100. The van der Waals surface area contributed by atoms with E-state index in [9.17, 15) is 0 Å². The van der Waals surface area contributed by atoms with Crippen molar-refractivity contribution in [3.63, 3.8) is 0 Å². The number of anilines is 6. The quantitative estimate of drug-likeness (QED) is 0.166. The minimum Gasteiger partial charge on any atom is -0.456 e. The van der Waals surface area contributed by atoms with Crippen molar-refractivity contribution in [1.29, 1.82) is 0 Å². The van der Waals surface area contributed by atoms with E-state index >= 15 is 0 Å². The van der Waals surface area contributed by atoms with E-state index in [1.807, 2.05) is 0 Å². The highest BCUT2D eigenvalue weighted by Crippen LogP contribution is 2.47. The van der Waals surface area contributed by atoms with Crippen molar-refractivity contribution in [2.45, 2.75) is 112 Å². The molecular formula is C59H61BN2O. The van der Waals surface area contributed by atoms with Crippen LogP contribution >= 0.6 is 0 Å². The Morgan fingerprint density at radius 3 is 1.38 bits per heavy atom. The third-order valence-electron chi connectivity index (χ3n) is 13.7. The standard InChI is InChI=1S/C59H61BN2O/c1-36-30-51-55-52(31-36)62(44-24-18-40(19-25-44)57(5,6)7)50-33-38(37-15-28-53-45(32-37)46-34-41(58(8,9)10)21-29-54(46)63-53)14-26-47(50)60(55)48-35-42(59(11,12)13)20-27-49(48)61(51)43-22-16-39(17-23-43)56(2,3)4/h14-35H,1-13H3. The van der Waals surface area contributed by atoms with Gasteiger partial charge in [0.25, 0.3) is 6.71 Å². The number of hydrogen-bond acceptors (Lipinski definition) is 3. The summed E-state index contributed by atoms with van der Waals surface area (Å²) in [5.41, 5.74) is 22.2. The summed E-state index contributed by atoms with van der Waals surface area (Å²) in [5, 5.41) is 2.32. The molecule has 2 aliphatic heterocycles. The first-order chi connectivity index (χ1) is 29.6. The largest absolute Gasteiger partial charge is 0.456 e. The molecule has 3 nitrogen and oxygen atoms in total. The fraction of sp³-hybridized carbons (Fsp3) is 0.288. The van der Waals surface area contributed by atoms with Gasteiger partial charge in [0.15, 0.2) is 0 Å². The first-order valence-electron chi connectivity index (χ1n) is 22.9. The zero-order valence-electron chi connectivity index (χ0n) is 39.6. The highest BCUT2D eigenvalue weighted by Gasteiger charge is 2.44. The van der Waals surface area contributed by atoms with Crippen LogP contribution in [-0.2, 0) is 21.7 Å². The lowest BCUT2D eigenvalue weighted by Crippen LogP contribution is -2.61. The average molecular weight is 825 g/mol. The first kappa shape index (κ1) is 41.0. The lowest BCUT2D eigenvalue weighted by Gasteiger charge is -2.45. The second kappa shape index (κ2) is 14.0. The summed E-state index contributed by atoms with van der Waals surface area (Å²) in [4.78, 5) is 5.08.